The van der Waals surface area contributed by atoms with Gasteiger partial charge in [-0.25, -0.2) is 0 Å². The second-order valence-corrected chi connectivity index (χ2v) is 5.02. The molecule has 0 spiro atoms. The molecule has 0 aromatic heterocycles. The summed E-state index contributed by atoms with van der Waals surface area (Å²) in [6.45, 7) is 0. The molecule has 2 saturated carbocycles. The van der Waals surface area contributed by atoms with Gasteiger partial charge < -0.3 is 4.74 Å². The fourth-order valence-corrected chi connectivity index (χ4v) is 2.92. The highest BCUT2D eigenvalue weighted by Crippen LogP contribution is 2.54. The van der Waals surface area contributed by atoms with E-state index in [2.05, 4.69) is 0 Å². The Morgan fingerprint density at radius 2 is 1.75 bits per heavy atom. The molecule has 0 amide bonds. The number of rotatable bonds is 3. The maximum atomic E-state index is 12.2. The molecule has 3 rings (SSSR count). The summed E-state index contributed by atoms with van der Waals surface area (Å²) < 4.78 is 5.09. The molecule has 0 heterocycles. The van der Waals surface area contributed by atoms with E-state index in [1.54, 1.807) is 7.11 Å². The summed E-state index contributed by atoms with van der Waals surface area (Å²) in [6.07, 6.45) is 3.61. The van der Waals surface area contributed by atoms with Crippen molar-refractivity contribution in [2.75, 3.05) is 7.11 Å². The van der Waals surface area contributed by atoms with Gasteiger partial charge in [0.1, 0.15) is 5.75 Å². The molecular formula is C14H16O2. The van der Waals surface area contributed by atoms with Crippen LogP contribution in [0.1, 0.15) is 29.6 Å². The molecule has 1 aromatic carbocycles. The topological polar surface area (TPSA) is 26.3 Å². The van der Waals surface area contributed by atoms with Crippen molar-refractivity contribution in [3.8, 4) is 5.75 Å². The van der Waals surface area contributed by atoms with Gasteiger partial charge in [0.2, 0.25) is 0 Å². The van der Waals surface area contributed by atoms with Crippen LogP contribution in [0.5, 0.6) is 5.75 Å². The first-order chi connectivity index (χ1) is 7.78. The van der Waals surface area contributed by atoms with Crippen LogP contribution in [0.15, 0.2) is 24.3 Å². The summed E-state index contributed by atoms with van der Waals surface area (Å²) in [5, 5.41) is 0. The monoisotopic (exact) mass is 216 g/mol. The van der Waals surface area contributed by atoms with Gasteiger partial charge in [0.15, 0.2) is 5.78 Å². The van der Waals surface area contributed by atoms with Crippen molar-refractivity contribution in [2.24, 2.45) is 17.8 Å². The van der Waals surface area contributed by atoms with Gasteiger partial charge in [-0.1, -0.05) is 0 Å². The van der Waals surface area contributed by atoms with E-state index in [1.165, 1.54) is 6.42 Å². The third kappa shape index (κ3) is 1.62. The fourth-order valence-electron chi connectivity index (χ4n) is 2.92. The van der Waals surface area contributed by atoms with Gasteiger partial charge in [-0.3, -0.25) is 4.79 Å². The van der Waals surface area contributed by atoms with E-state index < -0.39 is 0 Å². The van der Waals surface area contributed by atoms with Crippen molar-refractivity contribution in [1.29, 1.82) is 0 Å². The van der Waals surface area contributed by atoms with Gasteiger partial charge >= 0.3 is 0 Å². The Bertz CT molecular complexity index is 397. The van der Waals surface area contributed by atoms with Crippen LogP contribution in [-0.2, 0) is 0 Å². The smallest absolute Gasteiger partial charge is 0.165 e. The second-order valence-electron chi connectivity index (χ2n) is 5.02. The zero-order valence-electron chi connectivity index (χ0n) is 9.48. The van der Waals surface area contributed by atoms with Crippen molar-refractivity contribution < 1.29 is 9.53 Å². The number of hydrogen-bond donors (Lipinski definition) is 0. The molecule has 0 bridgehead atoms. The zero-order chi connectivity index (χ0) is 11.1. The third-order valence-electron chi connectivity index (χ3n) is 3.99. The number of fused-ring (bicyclic) bond motifs is 1. The van der Waals surface area contributed by atoms with E-state index >= 15 is 0 Å². The third-order valence-corrected chi connectivity index (χ3v) is 3.99. The number of Topliss-reactive ketones (excluding diaryl/α,β-unsaturated/α-hetero) is 1. The van der Waals surface area contributed by atoms with Crippen LogP contribution in [0.2, 0.25) is 0 Å². The lowest BCUT2D eigenvalue weighted by Crippen LogP contribution is -2.12. The lowest BCUT2D eigenvalue weighted by Gasteiger charge is -2.10. The Balaban J connectivity index is 1.73. The first-order valence-corrected chi connectivity index (χ1v) is 5.96. The first-order valence-electron chi connectivity index (χ1n) is 5.96. The Morgan fingerprint density at radius 1 is 1.12 bits per heavy atom. The molecule has 84 valence electrons. The summed E-state index contributed by atoms with van der Waals surface area (Å²) in [7, 11) is 1.64. The quantitative estimate of drug-likeness (QED) is 0.726. The SMILES string of the molecule is COc1ccc(C(=O)C2CC3CC3C2)cc1. The summed E-state index contributed by atoms with van der Waals surface area (Å²) in [5.74, 6) is 3.16. The molecule has 0 saturated heterocycles. The molecule has 2 unspecified atom stereocenters. The highest BCUT2D eigenvalue weighted by atomic mass is 16.5. The summed E-state index contributed by atoms with van der Waals surface area (Å²) in [6, 6.07) is 7.49. The average molecular weight is 216 g/mol. The van der Waals surface area contributed by atoms with Crippen LogP contribution < -0.4 is 4.74 Å². The minimum atomic E-state index is 0.289. The summed E-state index contributed by atoms with van der Waals surface area (Å²) in [4.78, 5) is 12.2. The van der Waals surface area contributed by atoms with E-state index in [1.807, 2.05) is 24.3 Å². The molecule has 1 aromatic rings. The maximum absolute atomic E-state index is 12.2. The molecule has 0 N–H and O–H groups in total. The van der Waals surface area contributed by atoms with Gasteiger partial charge in [-0.2, -0.15) is 0 Å². The normalized spacial score (nSPS) is 30.9. The molecule has 2 aliphatic rings. The Labute approximate surface area is 95.6 Å². The number of hydrogen-bond acceptors (Lipinski definition) is 2. The highest BCUT2D eigenvalue weighted by molar-refractivity contribution is 5.98. The van der Waals surface area contributed by atoms with Crippen LogP contribution in [0.3, 0.4) is 0 Å². The molecule has 2 atom stereocenters. The standard InChI is InChI=1S/C14H16O2/c1-16-13-4-2-9(3-5-13)14(15)12-7-10-6-11(10)8-12/h2-5,10-12H,6-8H2,1H3. The minimum Gasteiger partial charge on any atom is -0.497 e. The van der Waals surface area contributed by atoms with Gasteiger partial charge in [0, 0.05) is 11.5 Å². The number of carbonyl (C=O) groups excluding carboxylic acids is 1. The van der Waals surface area contributed by atoms with Crippen LogP contribution in [0, 0.1) is 17.8 Å². The van der Waals surface area contributed by atoms with Crippen molar-refractivity contribution in [3.63, 3.8) is 0 Å². The maximum Gasteiger partial charge on any atom is 0.165 e. The Kier molecular flexibility index (Phi) is 2.23. The van der Waals surface area contributed by atoms with E-state index in [0.29, 0.717) is 5.78 Å². The lowest BCUT2D eigenvalue weighted by molar-refractivity contribution is 0.0914. The van der Waals surface area contributed by atoms with Crippen molar-refractivity contribution in [3.05, 3.63) is 29.8 Å². The number of methoxy groups -OCH3 is 1. The van der Waals surface area contributed by atoms with Crippen LogP contribution in [-0.4, -0.2) is 12.9 Å². The van der Waals surface area contributed by atoms with Crippen molar-refractivity contribution in [2.45, 2.75) is 19.3 Å². The molecule has 2 fully saturated rings. The van der Waals surface area contributed by atoms with Gasteiger partial charge in [0.05, 0.1) is 7.11 Å². The number of benzene rings is 1. The largest absolute Gasteiger partial charge is 0.497 e. The molecule has 0 aliphatic heterocycles. The first kappa shape index (κ1) is 9.88. The van der Waals surface area contributed by atoms with Gasteiger partial charge in [-0.15, -0.1) is 0 Å². The molecular weight excluding hydrogens is 200 g/mol. The Hall–Kier alpha value is -1.31. The van der Waals surface area contributed by atoms with Gasteiger partial charge in [-0.05, 0) is 55.4 Å². The van der Waals surface area contributed by atoms with Crippen molar-refractivity contribution >= 4 is 5.78 Å². The highest BCUT2D eigenvalue weighted by Gasteiger charge is 2.47. The number of ether oxygens (including phenoxy) is 1. The Morgan fingerprint density at radius 3 is 2.31 bits per heavy atom. The molecule has 16 heavy (non-hydrogen) atoms. The molecule has 0 radical (unpaired) electrons. The minimum absolute atomic E-state index is 0.289. The van der Waals surface area contributed by atoms with E-state index in [0.717, 1.165) is 36.0 Å². The summed E-state index contributed by atoms with van der Waals surface area (Å²) >= 11 is 0. The van der Waals surface area contributed by atoms with Crippen LogP contribution in [0.4, 0.5) is 0 Å². The number of carbonyl (C=O) groups is 1. The molecule has 2 aliphatic carbocycles. The molecule has 2 nitrogen and oxygen atoms in total. The van der Waals surface area contributed by atoms with Crippen molar-refractivity contribution in [1.82, 2.24) is 0 Å². The zero-order valence-corrected chi connectivity index (χ0v) is 9.48. The fraction of sp³-hybridized carbons (Fsp3) is 0.500. The second kappa shape index (κ2) is 3.62. The van der Waals surface area contributed by atoms with E-state index in [4.69, 9.17) is 4.74 Å². The predicted molar refractivity (Wildman–Crippen MR) is 61.6 cm³/mol. The van der Waals surface area contributed by atoms with E-state index in [-0.39, 0.29) is 5.92 Å². The number of ketones is 1. The summed E-state index contributed by atoms with van der Waals surface area (Å²) in [5.41, 5.74) is 0.840. The predicted octanol–water partition coefficient (Wildman–Crippen LogP) is 2.92. The van der Waals surface area contributed by atoms with Gasteiger partial charge in [0.25, 0.3) is 0 Å². The molecule has 2 heteroatoms. The van der Waals surface area contributed by atoms with Crippen LogP contribution in [0.25, 0.3) is 0 Å². The average Bonchev–Trinajstić information content (AvgIpc) is 2.95. The van der Waals surface area contributed by atoms with Crippen LogP contribution >= 0.6 is 0 Å². The van der Waals surface area contributed by atoms with E-state index in [9.17, 15) is 4.79 Å². The lowest BCUT2D eigenvalue weighted by atomic mass is 9.93.